The second-order valence-corrected chi connectivity index (χ2v) is 5.62. The molecule has 1 unspecified atom stereocenters. The molecule has 0 radical (unpaired) electrons. The molecular formula is C13H22N2OS. The third-order valence-corrected chi connectivity index (χ3v) is 4.63. The zero-order valence-electron chi connectivity index (χ0n) is 10.4. The van der Waals surface area contributed by atoms with Crippen LogP contribution >= 0.6 is 11.3 Å². The Balaban J connectivity index is 2.24. The fourth-order valence-electron chi connectivity index (χ4n) is 2.93. The number of rotatable bonds is 4. The summed E-state index contributed by atoms with van der Waals surface area (Å²) >= 11 is 1.71. The van der Waals surface area contributed by atoms with E-state index < -0.39 is 0 Å². The van der Waals surface area contributed by atoms with Crippen LogP contribution in [0.5, 0.6) is 0 Å². The van der Waals surface area contributed by atoms with Crippen LogP contribution in [0.3, 0.4) is 0 Å². The van der Waals surface area contributed by atoms with E-state index in [1.165, 1.54) is 31.2 Å². The number of hydrogen-bond acceptors (Lipinski definition) is 4. The van der Waals surface area contributed by atoms with Crippen molar-refractivity contribution < 1.29 is 4.74 Å². The molecule has 3 nitrogen and oxygen atoms in total. The number of nitrogens with one attached hydrogen (secondary N) is 1. The lowest BCUT2D eigenvalue weighted by molar-refractivity contribution is -0.0540. The van der Waals surface area contributed by atoms with E-state index in [0.717, 1.165) is 12.8 Å². The molecule has 1 aliphatic rings. The minimum Gasteiger partial charge on any atom is -0.376 e. The van der Waals surface area contributed by atoms with Gasteiger partial charge in [0.25, 0.3) is 0 Å². The van der Waals surface area contributed by atoms with Crippen LogP contribution in [0, 0.1) is 0 Å². The molecule has 4 heteroatoms. The Bertz CT molecular complexity index is 318. The van der Waals surface area contributed by atoms with E-state index in [2.05, 4.69) is 22.3 Å². The smallest absolute Gasteiger partial charge is 0.0885 e. The van der Waals surface area contributed by atoms with Gasteiger partial charge in [-0.25, -0.2) is 0 Å². The molecule has 0 aliphatic heterocycles. The average molecular weight is 254 g/mol. The van der Waals surface area contributed by atoms with Gasteiger partial charge in [-0.1, -0.05) is 25.7 Å². The highest BCUT2D eigenvalue weighted by molar-refractivity contribution is 7.07. The van der Waals surface area contributed by atoms with Crippen molar-refractivity contribution in [3.63, 3.8) is 0 Å². The molecule has 1 heterocycles. The van der Waals surface area contributed by atoms with Crippen molar-refractivity contribution >= 4 is 11.3 Å². The lowest BCUT2D eigenvalue weighted by Gasteiger charge is -2.38. The van der Waals surface area contributed by atoms with Crippen molar-refractivity contribution in [2.75, 3.05) is 7.11 Å². The number of hydrazine groups is 1. The summed E-state index contributed by atoms with van der Waals surface area (Å²) in [7, 11) is 1.82. The van der Waals surface area contributed by atoms with Gasteiger partial charge in [0, 0.05) is 7.11 Å². The van der Waals surface area contributed by atoms with E-state index in [4.69, 9.17) is 10.6 Å². The molecule has 1 aromatic heterocycles. The number of thiophene rings is 1. The van der Waals surface area contributed by atoms with E-state index in [-0.39, 0.29) is 11.6 Å². The number of ether oxygens (including phenoxy) is 1. The quantitative estimate of drug-likeness (QED) is 0.493. The lowest BCUT2D eigenvalue weighted by atomic mass is 9.83. The molecule has 17 heavy (non-hydrogen) atoms. The summed E-state index contributed by atoms with van der Waals surface area (Å²) in [6, 6.07) is 2.25. The van der Waals surface area contributed by atoms with Gasteiger partial charge in [0.15, 0.2) is 0 Å². The molecule has 1 fully saturated rings. The van der Waals surface area contributed by atoms with Gasteiger partial charge >= 0.3 is 0 Å². The SMILES string of the molecule is COC1(C(NN)c2ccsc2)CCCCCC1. The molecule has 0 bridgehead atoms. The van der Waals surface area contributed by atoms with E-state index in [1.54, 1.807) is 11.3 Å². The van der Waals surface area contributed by atoms with Crippen molar-refractivity contribution in [2.24, 2.45) is 5.84 Å². The van der Waals surface area contributed by atoms with E-state index in [9.17, 15) is 0 Å². The topological polar surface area (TPSA) is 47.3 Å². The molecule has 0 spiro atoms. The van der Waals surface area contributed by atoms with Crippen LogP contribution in [0.1, 0.15) is 50.1 Å². The standard InChI is InChI=1S/C13H22N2OS/c1-16-13(7-4-2-3-5-8-13)12(15-14)11-6-9-17-10-11/h6,9-10,12,15H,2-5,7-8,14H2,1H3. The van der Waals surface area contributed by atoms with Crippen LogP contribution in [-0.2, 0) is 4.74 Å². The van der Waals surface area contributed by atoms with Gasteiger partial charge in [0.2, 0.25) is 0 Å². The van der Waals surface area contributed by atoms with Crippen LogP contribution in [0.15, 0.2) is 16.8 Å². The zero-order chi connectivity index (χ0) is 12.1. The summed E-state index contributed by atoms with van der Waals surface area (Å²) in [6.07, 6.45) is 7.27. The molecule has 2 rings (SSSR count). The molecule has 0 saturated heterocycles. The molecule has 0 amide bonds. The highest BCUT2D eigenvalue weighted by atomic mass is 32.1. The summed E-state index contributed by atoms with van der Waals surface area (Å²) in [5.41, 5.74) is 4.09. The predicted molar refractivity (Wildman–Crippen MR) is 71.8 cm³/mol. The maximum Gasteiger partial charge on any atom is 0.0885 e. The first-order valence-corrected chi connectivity index (χ1v) is 7.30. The predicted octanol–water partition coefficient (Wildman–Crippen LogP) is 2.99. The van der Waals surface area contributed by atoms with Gasteiger partial charge in [0.1, 0.15) is 0 Å². The van der Waals surface area contributed by atoms with Crippen LogP contribution in [0.4, 0.5) is 0 Å². The van der Waals surface area contributed by atoms with Crippen molar-refractivity contribution in [3.8, 4) is 0 Å². The number of nitrogens with two attached hydrogens (primary N) is 1. The summed E-state index contributed by atoms with van der Waals surface area (Å²) in [5.74, 6) is 5.78. The molecule has 1 aliphatic carbocycles. The largest absolute Gasteiger partial charge is 0.376 e. The van der Waals surface area contributed by atoms with Crippen LogP contribution in [0.25, 0.3) is 0 Å². The van der Waals surface area contributed by atoms with E-state index >= 15 is 0 Å². The van der Waals surface area contributed by atoms with Gasteiger partial charge < -0.3 is 4.74 Å². The van der Waals surface area contributed by atoms with Crippen LogP contribution in [0.2, 0.25) is 0 Å². The molecule has 1 atom stereocenters. The fourth-order valence-corrected chi connectivity index (χ4v) is 3.61. The summed E-state index contributed by atoms with van der Waals surface area (Å²) < 4.78 is 5.90. The molecule has 3 N–H and O–H groups in total. The average Bonchev–Trinajstić information content (AvgIpc) is 2.76. The maximum absolute atomic E-state index is 5.90. The Kier molecular flexibility index (Phi) is 4.56. The zero-order valence-corrected chi connectivity index (χ0v) is 11.3. The third kappa shape index (κ3) is 2.71. The first-order valence-electron chi connectivity index (χ1n) is 6.36. The summed E-state index contributed by atoms with van der Waals surface area (Å²) in [4.78, 5) is 0. The van der Waals surface area contributed by atoms with Crippen LogP contribution in [-0.4, -0.2) is 12.7 Å². The Morgan fingerprint density at radius 1 is 1.35 bits per heavy atom. The van der Waals surface area contributed by atoms with Crippen molar-refractivity contribution in [1.82, 2.24) is 5.43 Å². The number of hydrogen-bond donors (Lipinski definition) is 2. The molecule has 0 aromatic carbocycles. The molecular weight excluding hydrogens is 232 g/mol. The third-order valence-electron chi connectivity index (χ3n) is 3.93. The first kappa shape index (κ1) is 13.0. The highest BCUT2D eigenvalue weighted by Gasteiger charge is 2.39. The Morgan fingerprint density at radius 3 is 2.53 bits per heavy atom. The molecule has 1 saturated carbocycles. The van der Waals surface area contributed by atoms with Gasteiger partial charge in [0.05, 0.1) is 11.6 Å². The van der Waals surface area contributed by atoms with Crippen molar-refractivity contribution in [2.45, 2.75) is 50.2 Å². The van der Waals surface area contributed by atoms with Crippen molar-refractivity contribution in [1.29, 1.82) is 0 Å². The number of methoxy groups -OCH3 is 1. The lowest BCUT2D eigenvalue weighted by Crippen LogP contribution is -2.47. The Labute approximate surface area is 107 Å². The Morgan fingerprint density at radius 2 is 2.06 bits per heavy atom. The van der Waals surface area contributed by atoms with Gasteiger partial charge in [-0.05, 0) is 35.2 Å². The van der Waals surface area contributed by atoms with Gasteiger partial charge in [-0.15, -0.1) is 0 Å². The maximum atomic E-state index is 5.90. The second kappa shape index (κ2) is 5.96. The fraction of sp³-hybridized carbons (Fsp3) is 0.692. The Hall–Kier alpha value is -0.420. The van der Waals surface area contributed by atoms with Gasteiger partial charge in [-0.3, -0.25) is 11.3 Å². The van der Waals surface area contributed by atoms with Crippen molar-refractivity contribution in [3.05, 3.63) is 22.4 Å². The summed E-state index contributed by atoms with van der Waals surface area (Å²) in [5, 5.41) is 4.26. The minimum absolute atomic E-state index is 0.108. The normalized spacial score (nSPS) is 22.0. The first-order chi connectivity index (χ1) is 8.32. The summed E-state index contributed by atoms with van der Waals surface area (Å²) in [6.45, 7) is 0. The van der Waals surface area contributed by atoms with Gasteiger partial charge in [-0.2, -0.15) is 11.3 Å². The van der Waals surface area contributed by atoms with E-state index in [1.807, 2.05) is 7.11 Å². The second-order valence-electron chi connectivity index (χ2n) is 4.84. The molecule has 96 valence electrons. The highest BCUT2D eigenvalue weighted by Crippen LogP contribution is 2.40. The minimum atomic E-state index is -0.133. The molecule has 1 aromatic rings. The monoisotopic (exact) mass is 254 g/mol. The van der Waals surface area contributed by atoms with E-state index in [0.29, 0.717) is 0 Å². The van der Waals surface area contributed by atoms with Crippen LogP contribution < -0.4 is 11.3 Å².